The van der Waals surface area contributed by atoms with Crippen LogP contribution in [0.15, 0.2) is 66.2 Å². The van der Waals surface area contributed by atoms with Crippen molar-refractivity contribution in [2.24, 2.45) is 0 Å². The monoisotopic (exact) mass is 541 g/mol. The lowest BCUT2D eigenvalue weighted by molar-refractivity contribution is -0.132. The largest absolute Gasteiger partial charge is 0.507 e. The number of amides is 1. The number of aliphatic hydroxyl groups excluding tert-OH is 1. The number of anilines is 1. The topological polar surface area (TPSA) is 85.3 Å². The van der Waals surface area contributed by atoms with E-state index < -0.39 is 17.7 Å². The average Bonchev–Trinajstić information content (AvgIpc) is 3.16. The molecule has 0 spiro atoms. The van der Waals surface area contributed by atoms with Crippen LogP contribution >= 0.6 is 23.2 Å². The summed E-state index contributed by atoms with van der Waals surface area (Å²) in [5, 5.41) is 12.2. The fourth-order valence-corrected chi connectivity index (χ4v) is 4.52. The van der Waals surface area contributed by atoms with Gasteiger partial charge in [0.25, 0.3) is 11.7 Å². The van der Waals surface area contributed by atoms with Gasteiger partial charge in [-0.05, 0) is 74.0 Å². The van der Waals surface area contributed by atoms with E-state index in [1.54, 1.807) is 61.5 Å². The maximum atomic E-state index is 13.4. The van der Waals surface area contributed by atoms with Crippen molar-refractivity contribution in [3.05, 3.63) is 87.4 Å². The zero-order valence-electron chi connectivity index (χ0n) is 20.5. The number of rotatable bonds is 8. The molecule has 3 aromatic rings. The molecule has 1 N–H and O–H groups in total. The van der Waals surface area contributed by atoms with Crippen LogP contribution in [0.1, 0.15) is 31.0 Å². The number of ether oxygens (including phenoxy) is 3. The first-order chi connectivity index (χ1) is 17.8. The second kappa shape index (κ2) is 11.2. The molecule has 3 aromatic carbocycles. The number of methoxy groups -OCH3 is 1. The number of halogens is 2. The van der Waals surface area contributed by atoms with Gasteiger partial charge in [-0.3, -0.25) is 14.5 Å². The molecule has 0 aromatic heterocycles. The highest BCUT2D eigenvalue weighted by Crippen LogP contribution is 2.44. The molecule has 1 heterocycles. The average molecular weight is 542 g/mol. The third-order valence-corrected chi connectivity index (χ3v) is 6.42. The standard InChI is InChI=1S/C28H25Cl2NO6/c1-4-36-22-15-17(6-12-20(22)30)26(32)24-25(16-7-13-21(35-3)23(14-16)37-5-2)31(28(34)27(24)33)19-10-8-18(29)9-11-19/h6-15,25,32H,4-5H2,1-3H3/b26-24-. The first-order valence-corrected chi connectivity index (χ1v) is 12.4. The fraction of sp³-hybridized carbons (Fsp3) is 0.214. The number of aliphatic hydroxyl groups is 1. The Bertz CT molecular complexity index is 1370. The van der Waals surface area contributed by atoms with Crippen molar-refractivity contribution in [3.63, 3.8) is 0 Å². The van der Waals surface area contributed by atoms with E-state index in [1.807, 2.05) is 6.92 Å². The molecule has 1 unspecified atom stereocenters. The summed E-state index contributed by atoms with van der Waals surface area (Å²) in [5.41, 5.74) is 1.18. The Balaban J connectivity index is 1.95. The Labute approximate surface area is 224 Å². The molecule has 7 nitrogen and oxygen atoms in total. The minimum absolute atomic E-state index is 0.0858. The predicted molar refractivity (Wildman–Crippen MR) is 143 cm³/mol. The molecule has 1 fully saturated rings. The molecule has 0 bridgehead atoms. The summed E-state index contributed by atoms with van der Waals surface area (Å²) in [6, 6.07) is 15.3. The fourth-order valence-electron chi connectivity index (χ4n) is 4.22. The molecule has 4 rings (SSSR count). The van der Waals surface area contributed by atoms with Gasteiger partial charge in [0, 0.05) is 16.3 Å². The lowest BCUT2D eigenvalue weighted by atomic mass is 9.94. The predicted octanol–water partition coefficient (Wildman–Crippen LogP) is 6.43. The van der Waals surface area contributed by atoms with Crippen LogP contribution in [0.3, 0.4) is 0 Å². The normalized spacial score (nSPS) is 16.7. The molecule has 0 radical (unpaired) electrons. The highest BCUT2D eigenvalue weighted by Gasteiger charge is 2.47. The van der Waals surface area contributed by atoms with Crippen LogP contribution in [0.4, 0.5) is 5.69 Å². The highest BCUT2D eigenvalue weighted by atomic mass is 35.5. The van der Waals surface area contributed by atoms with E-state index in [2.05, 4.69) is 0 Å². The smallest absolute Gasteiger partial charge is 0.300 e. The van der Waals surface area contributed by atoms with Crippen LogP contribution in [-0.4, -0.2) is 37.1 Å². The molecule has 1 aliphatic rings. The van der Waals surface area contributed by atoms with E-state index >= 15 is 0 Å². The van der Waals surface area contributed by atoms with Crippen molar-refractivity contribution in [1.29, 1.82) is 0 Å². The van der Waals surface area contributed by atoms with Gasteiger partial charge in [0.1, 0.15) is 11.5 Å². The van der Waals surface area contributed by atoms with Gasteiger partial charge >= 0.3 is 0 Å². The summed E-state index contributed by atoms with van der Waals surface area (Å²) in [5.74, 6) is -0.700. The molecule has 1 amide bonds. The summed E-state index contributed by atoms with van der Waals surface area (Å²) >= 11 is 12.3. The molecular weight excluding hydrogens is 517 g/mol. The van der Waals surface area contributed by atoms with Gasteiger partial charge in [0.2, 0.25) is 0 Å². The van der Waals surface area contributed by atoms with Crippen LogP contribution < -0.4 is 19.1 Å². The number of ketones is 1. The molecular formula is C28H25Cl2NO6. The van der Waals surface area contributed by atoms with Crippen molar-refractivity contribution in [1.82, 2.24) is 0 Å². The van der Waals surface area contributed by atoms with Gasteiger partial charge in [-0.2, -0.15) is 0 Å². The number of hydrogen-bond donors (Lipinski definition) is 1. The number of carbonyl (C=O) groups is 2. The first-order valence-electron chi connectivity index (χ1n) is 11.6. The Hall–Kier alpha value is -3.68. The quantitative estimate of drug-likeness (QED) is 0.201. The zero-order valence-corrected chi connectivity index (χ0v) is 22.0. The van der Waals surface area contributed by atoms with Crippen LogP contribution in [0.5, 0.6) is 17.2 Å². The van der Waals surface area contributed by atoms with E-state index in [0.29, 0.717) is 51.8 Å². The SMILES string of the molecule is CCOc1cc(/C(O)=C2/C(=O)C(=O)N(c3ccc(Cl)cc3)C2c2ccc(OC)c(OCC)c2)ccc1Cl. The Morgan fingerprint density at radius 1 is 0.892 bits per heavy atom. The number of carbonyl (C=O) groups excluding carboxylic acids is 2. The van der Waals surface area contributed by atoms with Gasteiger partial charge in [0.05, 0.1) is 37.0 Å². The third kappa shape index (κ3) is 5.10. The number of benzene rings is 3. The van der Waals surface area contributed by atoms with Gasteiger partial charge in [-0.1, -0.05) is 29.3 Å². The van der Waals surface area contributed by atoms with Crippen molar-refractivity contribution in [3.8, 4) is 17.2 Å². The summed E-state index contributed by atoms with van der Waals surface area (Å²) in [6.45, 7) is 4.38. The van der Waals surface area contributed by atoms with Crippen molar-refractivity contribution in [2.45, 2.75) is 19.9 Å². The molecule has 9 heteroatoms. The summed E-state index contributed by atoms with van der Waals surface area (Å²) in [4.78, 5) is 28.1. The van der Waals surface area contributed by atoms with Crippen molar-refractivity contribution < 1.29 is 28.9 Å². The van der Waals surface area contributed by atoms with Crippen LogP contribution in [0.25, 0.3) is 5.76 Å². The Kier molecular flexibility index (Phi) is 7.95. The summed E-state index contributed by atoms with van der Waals surface area (Å²) in [6.07, 6.45) is 0. The molecule has 1 aliphatic heterocycles. The van der Waals surface area contributed by atoms with E-state index in [4.69, 9.17) is 37.4 Å². The number of nitrogens with zero attached hydrogens (tertiary/aromatic N) is 1. The van der Waals surface area contributed by atoms with Gasteiger partial charge in [0.15, 0.2) is 11.5 Å². The van der Waals surface area contributed by atoms with E-state index in [-0.39, 0.29) is 16.9 Å². The van der Waals surface area contributed by atoms with Crippen molar-refractivity contribution >= 4 is 46.3 Å². The zero-order chi connectivity index (χ0) is 26.7. The molecule has 1 saturated heterocycles. The second-order valence-electron chi connectivity index (χ2n) is 8.07. The maximum absolute atomic E-state index is 13.4. The molecule has 192 valence electrons. The van der Waals surface area contributed by atoms with Gasteiger partial charge in [-0.25, -0.2) is 0 Å². The molecule has 0 aliphatic carbocycles. The first kappa shape index (κ1) is 26.4. The number of hydrogen-bond acceptors (Lipinski definition) is 6. The Morgan fingerprint density at radius 3 is 2.22 bits per heavy atom. The van der Waals surface area contributed by atoms with Crippen LogP contribution in [0, 0.1) is 0 Å². The van der Waals surface area contributed by atoms with E-state index in [0.717, 1.165) is 0 Å². The summed E-state index contributed by atoms with van der Waals surface area (Å²) < 4.78 is 16.7. The molecule has 37 heavy (non-hydrogen) atoms. The van der Waals surface area contributed by atoms with Gasteiger partial charge < -0.3 is 19.3 Å². The molecule has 0 saturated carbocycles. The minimum Gasteiger partial charge on any atom is -0.507 e. The Morgan fingerprint density at radius 2 is 1.57 bits per heavy atom. The lowest BCUT2D eigenvalue weighted by Crippen LogP contribution is -2.29. The van der Waals surface area contributed by atoms with E-state index in [9.17, 15) is 14.7 Å². The van der Waals surface area contributed by atoms with Crippen LogP contribution in [-0.2, 0) is 9.59 Å². The second-order valence-corrected chi connectivity index (χ2v) is 8.91. The number of Topliss-reactive ketones (excluding diaryl/α,β-unsaturated/α-hetero) is 1. The van der Waals surface area contributed by atoms with E-state index in [1.165, 1.54) is 18.1 Å². The third-order valence-electron chi connectivity index (χ3n) is 5.86. The molecule has 1 atom stereocenters. The lowest BCUT2D eigenvalue weighted by Gasteiger charge is -2.26. The maximum Gasteiger partial charge on any atom is 0.300 e. The van der Waals surface area contributed by atoms with Crippen LogP contribution in [0.2, 0.25) is 10.0 Å². The van der Waals surface area contributed by atoms with Crippen molar-refractivity contribution in [2.75, 3.05) is 25.2 Å². The highest BCUT2D eigenvalue weighted by molar-refractivity contribution is 6.51. The minimum atomic E-state index is -0.961. The van der Waals surface area contributed by atoms with Gasteiger partial charge in [-0.15, -0.1) is 0 Å². The summed E-state index contributed by atoms with van der Waals surface area (Å²) in [7, 11) is 1.52.